The van der Waals surface area contributed by atoms with Gasteiger partial charge in [0.1, 0.15) is 12.2 Å². The number of nitrogens with one attached hydrogen (secondary N) is 1. The van der Waals surface area contributed by atoms with Crippen molar-refractivity contribution in [3.05, 3.63) is 0 Å². The fraction of sp³-hybridized carbons (Fsp3) is 0.968. The van der Waals surface area contributed by atoms with Crippen LogP contribution in [0.2, 0.25) is 0 Å². The van der Waals surface area contributed by atoms with Crippen LogP contribution in [0.1, 0.15) is 162 Å². The van der Waals surface area contributed by atoms with Gasteiger partial charge in [-0.25, -0.2) is 0 Å². The number of hydrogen-bond donors (Lipinski definition) is 5. The minimum Gasteiger partial charge on any atom is -0.394 e. The number of hydrogen-bond acceptors (Lipinski definition) is 5. The summed E-state index contributed by atoms with van der Waals surface area (Å²) in [6.07, 6.45) is 22.6. The van der Waals surface area contributed by atoms with Gasteiger partial charge in [-0.2, -0.15) is 0 Å². The molecule has 0 fully saturated rings. The number of aliphatic hydroxyl groups excluding tert-OH is 4. The molecule has 0 aliphatic carbocycles. The predicted octanol–water partition coefficient (Wildman–Crippen LogP) is 6.56. The predicted molar refractivity (Wildman–Crippen MR) is 155 cm³/mol. The molecule has 0 heterocycles. The lowest BCUT2D eigenvalue weighted by Gasteiger charge is -2.27. The van der Waals surface area contributed by atoms with Crippen molar-refractivity contribution in [2.45, 2.75) is 186 Å². The van der Waals surface area contributed by atoms with Crippen LogP contribution in [0.3, 0.4) is 0 Å². The SMILES string of the molecule is CCCCCCCCCCCCCC(O)C(O)C(CO)NC(=O)C(O)CCCCCCCCCCCC. The van der Waals surface area contributed by atoms with E-state index in [-0.39, 0.29) is 0 Å². The molecule has 0 spiro atoms. The summed E-state index contributed by atoms with van der Waals surface area (Å²) >= 11 is 0. The van der Waals surface area contributed by atoms with Crippen LogP contribution in [-0.2, 0) is 4.79 Å². The van der Waals surface area contributed by atoms with E-state index >= 15 is 0 Å². The van der Waals surface area contributed by atoms with E-state index in [0.717, 1.165) is 38.5 Å². The van der Waals surface area contributed by atoms with E-state index in [4.69, 9.17) is 0 Å². The fourth-order valence-electron chi connectivity index (χ4n) is 4.93. The second kappa shape index (κ2) is 26.9. The summed E-state index contributed by atoms with van der Waals surface area (Å²) in [5, 5.41) is 43.1. The van der Waals surface area contributed by atoms with Crippen molar-refractivity contribution in [3.63, 3.8) is 0 Å². The topological polar surface area (TPSA) is 110 Å². The van der Waals surface area contributed by atoms with E-state index in [9.17, 15) is 25.2 Å². The van der Waals surface area contributed by atoms with Crippen molar-refractivity contribution in [2.75, 3.05) is 6.61 Å². The zero-order valence-corrected chi connectivity index (χ0v) is 24.5. The molecule has 0 aromatic rings. The molecule has 0 aliphatic heterocycles. The average molecular weight is 530 g/mol. The Morgan fingerprint density at radius 3 is 1.30 bits per heavy atom. The highest BCUT2D eigenvalue weighted by molar-refractivity contribution is 5.80. The van der Waals surface area contributed by atoms with Crippen molar-refractivity contribution in [2.24, 2.45) is 0 Å². The molecule has 37 heavy (non-hydrogen) atoms. The number of amides is 1. The van der Waals surface area contributed by atoms with E-state index < -0.39 is 36.9 Å². The monoisotopic (exact) mass is 529 g/mol. The van der Waals surface area contributed by atoms with Gasteiger partial charge in [0.2, 0.25) is 5.91 Å². The molecule has 0 bridgehead atoms. The van der Waals surface area contributed by atoms with E-state index in [0.29, 0.717) is 12.8 Å². The zero-order valence-electron chi connectivity index (χ0n) is 24.5. The summed E-state index contributed by atoms with van der Waals surface area (Å²) in [6.45, 7) is 3.98. The third-order valence-electron chi connectivity index (χ3n) is 7.57. The van der Waals surface area contributed by atoms with Gasteiger partial charge >= 0.3 is 0 Å². The normalized spacial score (nSPS) is 14.9. The van der Waals surface area contributed by atoms with Crippen LogP contribution in [0, 0.1) is 0 Å². The van der Waals surface area contributed by atoms with Crippen LogP contribution in [-0.4, -0.2) is 57.3 Å². The standard InChI is InChI=1S/C31H63NO5/c1-3-5-7-9-11-13-15-17-18-20-22-24-28(34)30(36)27(26-33)32-31(37)29(35)25-23-21-19-16-14-12-10-8-6-4-2/h27-30,33-36H,3-26H2,1-2H3,(H,32,37). The van der Waals surface area contributed by atoms with Gasteiger partial charge in [-0.1, -0.05) is 149 Å². The van der Waals surface area contributed by atoms with E-state index in [2.05, 4.69) is 19.2 Å². The Kier molecular flexibility index (Phi) is 26.4. The third-order valence-corrected chi connectivity index (χ3v) is 7.57. The Balaban J connectivity index is 3.89. The molecule has 222 valence electrons. The molecule has 0 aromatic heterocycles. The molecule has 0 rings (SSSR count). The summed E-state index contributed by atoms with van der Waals surface area (Å²) < 4.78 is 0. The summed E-state index contributed by atoms with van der Waals surface area (Å²) in [7, 11) is 0. The summed E-state index contributed by atoms with van der Waals surface area (Å²) in [4.78, 5) is 12.3. The second-order valence-electron chi connectivity index (χ2n) is 11.2. The number of aliphatic hydroxyl groups is 4. The number of unbranched alkanes of at least 4 members (excludes halogenated alkanes) is 19. The minimum absolute atomic E-state index is 0.373. The van der Waals surface area contributed by atoms with E-state index in [1.807, 2.05) is 0 Å². The smallest absolute Gasteiger partial charge is 0.249 e. The Bertz CT molecular complexity index is 490. The van der Waals surface area contributed by atoms with Crippen LogP contribution in [0.5, 0.6) is 0 Å². The lowest BCUT2D eigenvalue weighted by molar-refractivity contribution is -0.132. The maximum atomic E-state index is 12.3. The van der Waals surface area contributed by atoms with Gasteiger partial charge in [0, 0.05) is 0 Å². The summed E-state index contributed by atoms with van der Waals surface area (Å²) in [5.74, 6) is -0.587. The van der Waals surface area contributed by atoms with Crippen molar-refractivity contribution < 1.29 is 25.2 Å². The first-order valence-corrected chi connectivity index (χ1v) is 15.9. The van der Waals surface area contributed by atoms with E-state index in [1.54, 1.807) is 0 Å². The number of carbonyl (C=O) groups is 1. The Labute approximate surface area is 229 Å². The lowest BCUT2D eigenvalue weighted by Crippen LogP contribution is -2.53. The van der Waals surface area contributed by atoms with Crippen LogP contribution in [0.4, 0.5) is 0 Å². The van der Waals surface area contributed by atoms with Crippen molar-refractivity contribution in [1.29, 1.82) is 0 Å². The lowest BCUT2D eigenvalue weighted by atomic mass is 9.99. The molecule has 5 N–H and O–H groups in total. The third kappa shape index (κ3) is 21.9. The second-order valence-corrected chi connectivity index (χ2v) is 11.2. The first-order chi connectivity index (χ1) is 18.0. The van der Waals surface area contributed by atoms with Gasteiger partial charge in [-0.05, 0) is 12.8 Å². The van der Waals surface area contributed by atoms with Gasteiger partial charge in [0.05, 0.1) is 18.8 Å². The van der Waals surface area contributed by atoms with Crippen LogP contribution in [0.25, 0.3) is 0 Å². The fourth-order valence-corrected chi connectivity index (χ4v) is 4.93. The minimum atomic E-state index is -1.25. The highest BCUT2D eigenvalue weighted by Gasteiger charge is 2.28. The molecule has 6 nitrogen and oxygen atoms in total. The van der Waals surface area contributed by atoms with Crippen molar-refractivity contribution in [1.82, 2.24) is 5.32 Å². The molecule has 0 saturated heterocycles. The molecule has 0 aromatic carbocycles. The molecular formula is C31H63NO5. The number of carbonyl (C=O) groups excluding carboxylic acids is 1. The molecule has 0 aliphatic rings. The van der Waals surface area contributed by atoms with Crippen molar-refractivity contribution in [3.8, 4) is 0 Å². The van der Waals surface area contributed by atoms with Crippen LogP contribution >= 0.6 is 0 Å². The van der Waals surface area contributed by atoms with Crippen LogP contribution in [0.15, 0.2) is 0 Å². The average Bonchev–Trinajstić information content (AvgIpc) is 2.90. The summed E-state index contributed by atoms with van der Waals surface area (Å²) in [6, 6.07) is -0.974. The van der Waals surface area contributed by atoms with Crippen LogP contribution < -0.4 is 5.32 Å². The Hall–Kier alpha value is -0.690. The maximum absolute atomic E-state index is 12.3. The first kappa shape index (κ1) is 36.3. The van der Waals surface area contributed by atoms with Crippen molar-refractivity contribution >= 4 is 5.91 Å². The van der Waals surface area contributed by atoms with Gasteiger partial charge < -0.3 is 25.7 Å². The maximum Gasteiger partial charge on any atom is 0.249 e. The first-order valence-electron chi connectivity index (χ1n) is 15.9. The molecule has 1 amide bonds. The quantitative estimate of drug-likeness (QED) is 0.0737. The Morgan fingerprint density at radius 1 is 0.568 bits per heavy atom. The highest BCUT2D eigenvalue weighted by atomic mass is 16.3. The Morgan fingerprint density at radius 2 is 0.919 bits per heavy atom. The molecule has 0 radical (unpaired) electrons. The van der Waals surface area contributed by atoms with Gasteiger partial charge in [-0.3, -0.25) is 4.79 Å². The molecule has 4 atom stereocenters. The van der Waals surface area contributed by atoms with Gasteiger partial charge in [0.15, 0.2) is 0 Å². The van der Waals surface area contributed by atoms with Gasteiger partial charge in [-0.15, -0.1) is 0 Å². The largest absolute Gasteiger partial charge is 0.394 e. The summed E-state index contributed by atoms with van der Waals surface area (Å²) in [5.41, 5.74) is 0. The molecule has 0 saturated carbocycles. The van der Waals surface area contributed by atoms with E-state index in [1.165, 1.54) is 96.3 Å². The molecule has 4 unspecified atom stereocenters. The highest BCUT2D eigenvalue weighted by Crippen LogP contribution is 2.15. The zero-order chi connectivity index (χ0) is 27.6. The van der Waals surface area contributed by atoms with Gasteiger partial charge in [0.25, 0.3) is 0 Å². The molecule has 6 heteroatoms. The number of rotatable bonds is 28. The molecular weight excluding hydrogens is 466 g/mol.